The second kappa shape index (κ2) is 8.99. The van der Waals surface area contributed by atoms with Crippen molar-refractivity contribution in [2.45, 2.75) is 20.4 Å². The van der Waals surface area contributed by atoms with Gasteiger partial charge in [0, 0.05) is 6.54 Å². The van der Waals surface area contributed by atoms with Gasteiger partial charge in [0.2, 0.25) is 0 Å². The van der Waals surface area contributed by atoms with Crippen molar-refractivity contribution in [3.8, 4) is 5.75 Å². The lowest BCUT2D eigenvalue weighted by molar-refractivity contribution is 0.0597. The molecule has 2 rings (SSSR count). The molecule has 0 saturated carbocycles. The van der Waals surface area contributed by atoms with E-state index in [2.05, 4.69) is 18.7 Å². The second-order valence-electron chi connectivity index (χ2n) is 5.57. The van der Waals surface area contributed by atoms with Gasteiger partial charge < -0.3 is 9.47 Å². The molecule has 0 bridgehead atoms. The minimum atomic E-state index is -0.462. The highest BCUT2D eigenvalue weighted by atomic mass is 16.5. The Morgan fingerprint density at radius 1 is 0.920 bits per heavy atom. The molecule has 0 N–H and O–H groups in total. The van der Waals surface area contributed by atoms with E-state index in [1.165, 1.54) is 13.2 Å². The molecule has 0 saturated heterocycles. The Labute approximate surface area is 148 Å². The molecule has 2 aromatic rings. The molecular weight excluding hydrogens is 318 g/mol. The highest BCUT2D eigenvalue weighted by molar-refractivity contribution is 5.92. The van der Waals surface area contributed by atoms with E-state index in [0.717, 1.165) is 18.7 Å². The monoisotopic (exact) mass is 341 g/mol. The number of hydrogen-bond donors (Lipinski definition) is 0. The van der Waals surface area contributed by atoms with Gasteiger partial charge in [-0.2, -0.15) is 0 Å². The molecule has 0 fully saturated rings. The van der Waals surface area contributed by atoms with E-state index in [1.807, 2.05) is 6.07 Å². The Hall–Kier alpha value is -2.66. The summed E-state index contributed by atoms with van der Waals surface area (Å²) in [6.07, 6.45) is 0. The number of carbonyl (C=O) groups is 2. The number of esters is 2. The maximum atomic E-state index is 12.3. The fourth-order valence-corrected chi connectivity index (χ4v) is 2.49. The maximum Gasteiger partial charge on any atom is 0.343 e. The quantitative estimate of drug-likeness (QED) is 0.569. The second-order valence-corrected chi connectivity index (χ2v) is 5.57. The van der Waals surface area contributed by atoms with Crippen molar-refractivity contribution < 1.29 is 19.1 Å². The van der Waals surface area contributed by atoms with E-state index < -0.39 is 11.9 Å². The molecule has 0 aliphatic carbocycles. The van der Waals surface area contributed by atoms with Crippen LogP contribution in [0.1, 0.15) is 40.1 Å². The third kappa shape index (κ3) is 5.16. The summed E-state index contributed by atoms with van der Waals surface area (Å²) in [5.41, 5.74) is 1.71. The van der Waals surface area contributed by atoms with Crippen LogP contribution in [0.25, 0.3) is 0 Å². The van der Waals surface area contributed by atoms with Crippen LogP contribution in [0, 0.1) is 0 Å². The largest absolute Gasteiger partial charge is 0.465 e. The van der Waals surface area contributed by atoms with E-state index in [9.17, 15) is 9.59 Å². The van der Waals surface area contributed by atoms with Gasteiger partial charge in [0.05, 0.1) is 18.2 Å². The fourth-order valence-electron chi connectivity index (χ4n) is 2.49. The average Bonchev–Trinajstić information content (AvgIpc) is 2.65. The van der Waals surface area contributed by atoms with Gasteiger partial charge in [-0.1, -0.05) is 32.0 Å². The number of hydrogen-bond acceptors (Lipinski definition) is 5. The zero-order valence-corrected chi connectivity index (χ0v) is 14.8. The van der Waals surface area contributed by atoms with E-state index in [1.54, 1.807) is 36.4 Å². The van der Waals surface area contributed by atoms with Crippen LogP contribution < -0.4 is 4.74 Å². The predicted molar refractivity (Wildman–Crippen MR) is 95.8 cm³/mol. The average molecular weight is 341 g/mol. The lowest BCUT2D eigenvalue weighted by Crippen LogP contribution is -2.22. The summed E-state index contributed by atoms with van der Waals surface area (Å²) in [7, 11) is 1.33. The van der Waals surface area contributed by atoms with E-state index in [0.29, 0.717) is 23.4 Å². The van der Waals surface area contributed by atoms with Gasteiger partial charge in [-0.3, -0.25) is 4.90 Å². The summed E-state index contributed by atoms with van der Waals surface area (Å²) in [5, 5.41) is 0. The molecule has 2 aromatic carbocycles. The summed E-state index contributed by atoms with van der Waals surface area (Å²) in [5.74, 6) is -0.589. The molecule has 5 heteroatoms. The van der Waals surface area contributed by atoms with Crippen LogP contribution in [-0.4, -0.2) is 37.0 Å². The Morgan fingerprint density at radius 2 is 1.60 bits per heavy atom. The van der Waals surface area contributed by atoms with Gasteiger partial charge >= 0.3 is 11.9 Å². The minimum absolute atomic E-state index is 0.332. The molecule has 25 heavy (non-hydrogen) atoms. The molecule has 0 aromatic heterocycles. The van der Waals surface area contributed by atoms with Crippen molar-refractivity contribution in [3.63, 3.8) is 0 Å². The zero-order chi connectivity index (χ0) is 18.2. The number of methoxy groups -OCH3 is 1. The molecule has 0 amide bonds. The topological polar surface area (TPSA) is 55.8 Å². The number of carbonyl (C=O) groups excluding carboxylic acids is 2. The van der Waals surface area contributed by atoms with Crippen LogP contribution in [-0.2, 0) is 11.3 Å². The van der Waals surface area contributed by atoms with Crippen LogP contribution in [0.2, 0.25) is 0 Å². The third-order valence-corrected chi connectivity index (χ3v) is 3.91. The summed E-state index contributed by atoms with van der Waals surface area (Å²) in [4.78, 5) is 26.4. The molecular formula is C20H23NO4. The first-order valence-electron chi connectivity index (χ1n) is 8.29. The van der Waals surface area contributed by atoms with Crippen LogP contribution >= 0.6 is 0 Å². The molecule has 0 radical (unpaired) electrons. The van der Waals surface area contributed by atoms with Crippen LogP contribution in [0.3, 0.4) is 0 Å². The van der Waals surface area contributed by atoms with Gasteiger partial charge in [-0.05, 0) is 49.0 Å². The van der Waals surface area contributed by atoms with E-state index in [4.69, 9.17) is 9.47 Å². The number of rotatable bonds is 7. The summed E-state index contributed by atoms with van der Waals surface area (Å²) < 4.78 is 10.3. The first kappa shape index (κ1) is 18.7. The van der Waals surface area contributed by atoms with Crippen molar-refractivity contribution >= 4 is 11.9 Å². The Bertz CT molecular complexity index is 724. The zero-order valence-electron chi connectivity index (χ0n) is 14.8. The molecule has 0 aliphatic rings. The van der Waals surface area contributed by atoms with Crippen molar-refractivity contribution in [1.29, 1.82) is 0 Å². The summed E-state index contributed by atoms with van der Waals surface area (Å²) in [6, 6.07) is 13.8. The smallest absolute Gasteiger partial charge is 0.343 e. The predicted octanol–water partition coefficient (Wildman–Crippen LogP) is 3.53. The highest BCUT2D eigenvalue weighted by Gasteiger charge is 2.14. The molecule has 0 heterocycles. The SMILES string of the molecule is CCN(CC)Cc1cc(OC(=O)c2ccccc2)cc(C(=O)OC)c1. The Kier molecular flexibility index (Phi) is 6.71. The Balaban J connectivity index is 2.29. The number of ether oxygens (including phenoxy) is 2. The third-order valence-electron chi connectivity index (χ3n) is 3.91. The molecule has 0 spiro atoms. The summed E-state index contributed by atoms with van der Waals surface area (Å²) in [6.45, 7) is 6.58. The van der Waals surface area contributed by atoms with Gasteiger partial charge in [0.1, 0.15) is 5.75 Å². The highest BCUT2D eigenvalue weighted by Crippen LogP contribution is 2.21. The van der Waals surface area contributed by atoms with Crippen molar-refractivity contribution in [3.05, 3.63) is 65.2 Å². The van der Waals surface area contributed by atoms with Gasteiger partial charge in [0.25, 0.3) is 0 Å². The molecule has 132 valence electrons. The summed E-state index contributed by atoms with van der Waals surface area (Å²) >= 11 is 0. The molecule has 0 atom stereocenters. The van der Waals surface area contributed by atoms with Crippen LogP contribution in [0.15, 0.2) is 48.5 Å². The maximum absolute atomic E-state index is 12.3. The fraction of sp³-hybridized carbons (Fsp3) is 0.300. The van der Waals surface area contributed by atoms with Gasteiger partial charge in [-0.15, -0.1) is 0 Å². The molecule has 0 unspecified atom stereocenters. The molecule has 5 nitrogen and oxygen atoms in total. The van der Waals surface area contributed by atoms with E-state index in [-0.39, 0.29) is 0 Å². The number of nitrogens with zero attached hydrogens (tertiary/aromatic N) is 1. The van der Waals surface area contributed by atoms with E-state index >= 15 is 0 Å². The first-order valence-corrected chi connectivity index (χ1v) is 8.29. The lowest BCUT2D eigenvalue weighted by atomic mass is 10.1. The van der Waals surface area contributed by atoms with Crippen LogP contribution in [0.5, 0.6) is 5.75 Å². The standard InChI is InChI=1S/C20H23NO4/c1-4-21(5-2)14-15-11-17(19(22)24-3)13-18(12-15)25-20(23)16-9-7-6-8-10-16/h6-13H,4-5,14H2,1-3H3. The lowest BCUT2D eigenvalue weighted by Gasteiger charge is -2.19. The van der Waals surface area contributed by atoms with Crippen molar-refractivity contribution in [1.82, 2.24) is 4.90 Å². The van der Waals surface area contributed by atoms with Gasteiger partial charge in [-0.25, -0.2) is 9.59 Å². The normalized spacial score (nSPS) is 10.6. The van der Waals surface area contributed by atoms with Crippen LogP contribution in [0.4, 0.5) is 0 Å². The Morgan fingerprint density at radius 3 is 2.20 bits per heavy atom. The molecule has 0 aliphatic heterocycles. The van der Waals surface area contributed by atoms with Gasteiger partial charge in [0.15, 0.2) is 0 Å². The van der Waals surface area contributed by atoms with Crippen molar-refractivity contribution in [2.75, 3.05) is 20.2 Å². The first-order chi connectivity index (χ1) is 12.1. The number of benzene rings is 2. The van der Waals surface area contributed by atoms with Crippen molar-refractivity contribution in [2.24, 2.45) is 0 Å². The minimum Gasteiger partial charge on any atom is -0.465 e.